The fourth-order valence-electron chi connectivity index (χ4n) is 6.29. The second-order valence-corrected chi connectivity index (χ2v) is 18.2. The zero-order valence-corrected chi connectivity index (χ0v) is 38.0. The molecule has 0 aromatic carbocycles. The van der Waals surface area contributed by atoms with E-state index >= 15 is 0 Å². The summed E-state index contributed by atoms with van der Waals surface area (Å²) in [6, 6.07) is 0. The van der Waals surface area contributed by atoms with Gasteiger partial charge in [0, 0.05) is 12.8 Å². The minimum absolute atomic E-state index is 0.0318. The van der Waals surface area contributed by atoms with Crippen molar-refractivity contribution >= 4 is 19.8 Å². The molecule has 0 aliphatic heterocycles. The van der Waals surface area contributed by atoms with Crippen molar-refractivity contribution in [1.29, 1.82) is 0 Å². The highest BCUT2D eigenvalue weighted by molar-refractivity contribution is 7.45. The van der Waals surface area contributed by atoms with Crippen LogP contribution >= 0.6 is 7.82 Å². The van der Waals surface area contributed by atoms with Crippen LogP contribution in [0.25, 0.3) is 0 Å². The van der Waals surface area contributed by atoms with Gasteiger partial charge in [-0.2, -0.15) is 0 Å². The Morgan fingerprint density at radius 1 is 0.536 bits per heavy atom. The van der Waals surface area contributed by atoms with E-state index in [4.69, 9.17) is 18.5 Å². The number of phosphoric ester groups is 1. The number of unbranched alkanes of at least 4 members (excludes halogenated alkanes) is 24. The molecule has 0 saturated carbocycles. The standard InChI is InChI=1S/C46H88NO8P/c1-6-8-10-12-14-16-18-20-21-22-23-24-25-27-29-31-33-35-37-39-46(49)55-44(43-54-56(50,51)53-41-40-47(3,4)5)42-52-45(48)38-36-34-32-30-28-26-19-17-15-13-11-9-7-2/h17,19,22-23,44H,6-16,18,20-21,24-43H2,1-5H3/b19-17-,23-22-/t44-/m1/s1. The van der Waals surface area contributed by atoms with Gasteiger partial charge in [-0.1, -0.05) is 154 Å². The van der Waals surface area contributed by atoms with Gasteiger partial charge in [-0.05, 0) is 64.2 Å². The number of nitrogens with zero attached hydrogens (tertiary/aromatic N) is 1. The van der Waals surface area contributed by atoms with Gasteiger partial charge in [-0.3, -0.25) is 14.2 Å². The Bertz CT molecular complexity index is 1010. The van der Waals surface area contributed by atoms with Crippen LogP contribution in [0.5, 0.6) is 0 Å². The van der Waals surface area contributed by atoms with Crippen molar-refractivity contribution in [1.82, 2.24) is 0 Å². The second kappa shape index (κ2) is 39.0. The van der Waals surface area contributed by atoms with E-state index in [1.54, 1.807) is 0 Å². The zero-order chi connectivity index (χ0) is 41.4. The summed E-state index contributed by atoms with van der Waals surface area (Å²) in [6.07, 6.45) is 42.0. The smallest absolute Gasteiger partial charge is 0.306 e. The summed E-state index contributed by atoms with van der Waals surface area (Å²) in [6.45, 7) is 4.21. The van der Waals surface area contributed by atoms with Crippen LogP contribution in [0.1, 0.15) is 206 Å². The Balaban J connectivity index is 4.32. The Hall–Kier alpha value is -1.51. The summed E-state index contributed by atoms with van der Waals surface area (Å²) < 4.78 is 33.9. The van der Waals surface area contributed by atoms with E-state index in [9.17, 15) is 19.0 Å². The maximum Gasteiger partial charge on any atom is 0.306 e. The molecule has 56 heavy (non-hydrogen) atoms. The first-order valence-corrected chi connectivity index (χ1v) is 24.5. The normalized spacial score (nSPS) is 13.8. The molecule has 0 spiro atoms. The minimum atomic E-state index is -4.62. The molecule has 1 unspecified atom stereocenters. The van der Waals surface area contributed by atoms with E-state index in [0.717, 1.165) is 64.2 Å². The van der Waals surface area contributed by atoms with Crippen molar-refractivity contribution < 1.29 is 42.1 Å². The van der Waals surface area contributed by atoms with Gasteiger partial charge in [-0.15, -0.1) is 0 Å². The number of carbonyl (C=O) groups excluding carboxylic acids is 2. The van der Waals surface area contributed by atoms with Gasteiger partial charge in [-0.25, -0.2) is 0 Å². The minimum Gasteiger partial charge on any atom is -0.756 e. The van der Waals surface area contributed by atoms with E-state index in [-0.39, 0.29) is 26.1 Å². The number of esters is 2. The molecule has 0 fully saturated rings. The number of quaternary nitrogens is 1. The third-order valence-corrected chi connectivity index (χ3v) is 10.9. The number of likely N-dealkylation sites (N-methyl/N-ethyl adjacent to an activating group) is 1. The molecule has 0 radical (unpaired) electrons. The zero-order valence-electron chi connectivity index (χ0n) is 37.1. The average Bonchev–Trinajstić information content (AvgIpc) is 3.15. The fraction of sp³-hybridized carbons (Fsp3) is 0.870. The highest BCUT2D eigenvalue weighted by Crippen LogP contribution is 2.38. The third-order valence-electron chi connectivity index (χ3n) is 9.94. The van der Waals surface area contributed by atoms with Crippen LogP contribution < -0.4 is 4.89 Å². The Morgan fingerprint density at radius 2 is 0.911 bits per heavy atom. The number of phosphoric acid groups is 1. The fourth-order valence-corrected chi connectivity index (χ4v) is 7.02. The highest BCUT2D eigenvalue weighted by Gasteiger charge is 2.21. The van der Waals surface area contributed by atoms with Crippen LogP contribution in [-0.4, -0.2) is 70.0 Å². The van der Waals surface area contributed by atoms with Crippen LogP contribution in [0.2, 0.25) is 0 Å². The van der Waals surface area contributed by atoms with Crippen molar-refractivity contribution in [3.63, 3.8) is 0 Å². The number of allylic oxidation sites excluding steroid dienone is 4. The summed E-state index contributed by atoms with van der Waals surface area (Å²) >= 11 is 0. The van der Waals surface area contributed by atoms with Gasteiger partial charge in [0.1, 0.15) is 19.8 Å². The van der Waals surface area contributed by atoms with Gasteiger partial charge in [0.05, 0.1) is 27.7 Å². The molecule has 0 amide bonds. The van der Waals surface area contributed by atoms with Crippen LogP contribution in [0.15, 0.2) is 24.3 Å². The number of carbonyl (C=O) groups is 2. The topological polar surface area (TPSA) is 111 Å². The predicted molar refractivity (Wildman–Crippen MR) is 231 cm³/mol. The highest BCUT2D eigenvalue weighted by atomic mass is 31.2. The molecule has 0 N–H and O–H groups in total. The summed E-state index contributed by atoms with van der Waals surface area (Å²) in [4.78, 5) is 37.5. The van der Waals surface area contributed by atoms with Crippen molar-refractivity contribution in [2.45, 2.75) is 213 Å². The Kier molecular flexibility index (Phi) is 37.9. The summed E-state index contributed by atoms with van der Waals surface area (Å²) in [5.74, 6) is -0.845. The first-order chi connectivity index (χ1) is 27.0. The van der Waals surface area contributed by atoms with E-state index in [2.05, 4.69) is 38.2 Å². The maximum absolute atomic E-state index is 12.7. The SMILES string of the molecule is CCCCCC/C=C\CCCCCCCC(=O)OC[C@H](COP(=O)([O-])OCC[N+](C)(C)C)OC(=O)CCCCCCCCC/C=C\CCCCCCCCCC. The summed E-state index contributed by atoms with van der Waals surface area (Å²) in [5.41, 5.74) is 0. The van der Waals surface area contributed by atoms with Gasteiger partial charge >= 0.3 is 11.9 Å². The van der Waals surface area contributed by atoms with Crippen molar-refractivity contribution in [3.8, 4) is 0 Å². The third kappa shape index (κ3) is 42.1. The average molecular weight is 814 g/mol. The number of rotatable bonds is 42. The molecule has 0 aromatic rings. The van der Waals surface area contributed by atoms with Crippen LogP contribution in [0, 0.1) is 0 Å². The largest absolute Gasteiger partial charge is 0.756 e. The molecule has 0 saturated heterocycles. The van der Waals surface area contributed by atoms with Gasteiger partial charge in [0.15, 0.2) is 6.10 Å². The lowest BCUT2D eigenvalue weighted by atomic mass is 10.1. The molecule has 9 nitrogen and oxygen atoms in total. The van der Waals surface area contributed by atoms with Crippen molar-refractivity contribution in [2.75, 3.05) is 47.5 Å². The van der Waals surface area contributed by atoms with Crippen molar-refractivity contribution in [2.24, 2.45) is 0 Å². The number of hydrogen-bond donors (Lipinski definition) is 0. The Morgan fingerprint density at radius 3 is 1.34 bits per heavy atom. The molecule has 0 aliphatic rings. The monoisotopic (exact) mass is 814 g/mol. The van der Waals surface area contributed by atoms with Crippen LogP contribution in [0.4, 0.5) is 0 Å². The van der Waals surface area contributed by atoms with E-state index in [1.807, 2.05) is 21.1 Å². The molecule has 330 valence electrons. The van der Waals surface area contributed by atoms with Crippen molar-refractivity contribution in [3.05, 3.63) is 24.3 Å². The van der Waals surface area contributed by atoms with E-state index < -0.39 is 32.5 Å². The number of ether oxygens (including phenoxy) is 2. The first-order valence-electron chi connectivity index (χ1n) is 23.0. The lowest BCUT2D eigenvalue weighted by Gasteiger charge is -2.28. The molecule has 0 bridgehead atoms. The van der Waals surface area contributed by atoms with Gasteiger partial charge in [0.2, 0.25) is 0 Å². The summed E-state index contributed by atoms with van der Waals surface area (Å²) in [7, 11) is 1.16. The molecule has 0 rings (SSSR count). The molecular weight excluding hydrogens is 725 g/mol. The number of hydrogen-bond acceptors (Lipinski definition) is 8. The maximum atomic E-state index is 12.7. The van der Waals surface area contributed by atoms with Crippen LogP contribution in [0.3, 0.4) is 0 Å². The molecule has 0 aliphatic carbocycles. The van der Waals surface area contributed by atoms with Gasteiger partial charge in [0.25, 0.3) is 7.82 Å². The molecule has 2 atom stereocenters. The lowest BCUT2D eigenvalue weighted by Crippen LogP contribution is -2.37. The lowest BCUT2D eigenvalue weighted by molar-refractivity contribution is -0.870. The van der Waals surface area contributed by atoms with E-state index in [0.29, 0.717) is 17.4 Å². The van der Waals surface area contributed by atoms with Crippen LogP contribution in [-0.2, 0) is 32.7 Å². The molecule has 10 heteroatoms. The molecule has 0 aromatic heterocycles. The van der Waals surface area contributed by atoms with Gasteiger partial charge < -0.3 is 27.9 Å². The van der Waals surface area contributed by atoms with E-state index in [1.165, 1.54) is 109 Å². The second-order valence-electron chi connectivity index (χ2n) is 16.8. The Labute approximate surface area is 345 Å². The molecule has 0 heterocycles. The first kappa shape index (κ1) is 54.5. The molecular formula is C46H88NO8P. The predicted octanol–water partition coefficient (Wildman–Crippen LogP) is 12.5. The quantitative estimate of drug-likeness (QED) is 0.0197. The summed E-state index contributed by atoms with van der Waals surface area (Å²) in [5, 5.41) is 0.